The van der Waals surface area contributed by atoms with Gasteiger partial charge in [-0.3, -0.25) is 9.69 Å². The normalized spacial score (nSPS) is 10.7. The van der Waals surface area contributed by atoms with Gasteiger partial charge in [0.25, 0.3) is 0 Å². The van der Waals surface area contributed by atoms with Crippen LogP contribution in [0.2, 0.25) is 0 Å². The van der Waals surface area contributed by atoms with Crippen molar-refractivity contribution in [3.05, 3.63) is 34.9 Å². The second-order valence-corrected chi connectivity index (χ2v) is 6.05. The van der Waals surface area contributed by atoms with Gasteiger partial charge in [0.2, 0.25) is 5.91 Å². The Labute approximate surface area is 142 Å². The quantitative estimate of drug-likeness (QED) is 0.760. The Morgan fingerprint density at radius 2 is 1.77 bits per heavy atom. The molecule has 0 fully saturated rings. The summed E-state index contributed by atoms with van der Waals surface area (Å²) in [7, 11) is 1.90. The summed E-state index contributed by atoms with van der Waals surface area (Å²) in [6.45, 7) is 13.7. The molecule has 1 aromatic carbocycles. The van der Waals surface area contributed by atoms with Gasteiger partial charge in [-0.2, -0.15) is 0 Å². The van der Waals surface area contributed by atoms with E-state index in [4.69, 9.17) is 0 Å². The maximum absolute atomic E-state index is 12.3. The number of amides is 1. The van der Waals surface area contributed by atoms with Crippen molar-refractivity contribution in [1.29, 1.82) is 0 Å². The summed E-state index contributed by atoms with van der Waals surface area (Å²) < 4.78 is 0. The number of carbonyl (C=O) groups is 1. The molecule has 22 heavy (non-hydrogen) atoms. The number of aryl methyl sites for hydroxylation is 1. The van der Waals surface area contributed by atoms with Crippen molar-refractivity contribution in [3.8, 4) is 0 Å². The highest BCUT2D eigenvalue weighted by Crippen LogP contribution is 2.19. The molecule has 1 rings (SSSR count). The van der Waals surface area contributed by atoms with E-state index in [0.717, 1.165) is 13.1 Å². The molecule has 0 aliphatic rings. The highest BCUT2D eigenvalue weighted by molar-refractivity contribution is 5.85. The molecule has 0 saturated heterocycles. The number of likely N-dealkylation sites (N-methyl/N-ethyl adjacent to an activating group) is 2. The van der Waals surface area contributed by atoms with Gasteiger partial charge in [-0.15, -0.1) is 12.4 Å². The van der Waals surface area contributed by atoms with Gasteiger partial charge in [0.05, 0.1) is 6.54 Å². The molecule has 126 valence electrons. The molecule has 0 atom stereocenters. The molecule has 3 nitrogen and oxygen atoms in total. The smallest absolute Gasteiger partial charge is 0.236 e. The van der Waals surface area contributed by atoms with Crippen LogP contribution in [-0.2, 0) is 11.3 Å². The maximum Gasteiger partial charge on any atom is 0.236 e. The summed E-state index contributed by atoms with van der Waals surface area (Å²) in [4.78, 5) is 16.3. The van der Waals surface area contributed by atoms with Gasteiger partial charge >= 0.3 is 0 Å². The Morgan fingerprint density at radius 1 is 1.18 bits per heavy atom. The second-order valence-electron chi connectivity index (χ2n) is 6.05. The van der Waals surface area contributed by atoms with Crippen molar-refractivity contribution in [3.63, 3.8) is 0 Å². The third-order valence-electron chi connectivity index (χ3n) is 4.13. The van der Waals surface area contributed by atoms with Crippen LogP contribution in [0, 0.1) is 6.92 Å². The molecule has 1 aromatic rings. The van der Waals surface area contributed by atoms with Crippen LogP contribution in [0.3, 0.4) is 0 Å². The van der Waals surface area contributed by atoms with E-state index >= 15 is 0 Å². The lowest BCUT2D eigenvalue weighted by atomic mass is 9.97. The van der Waals surface area contributed by atoms with Crippen LogP contribution in [-0.4, -0.2) is 42.4 Å². The van der Waals surface area contributed by atoms with Crippen LogP contribution < -0.4 is 0 Å². The number of halogens is 1. The molecule has 0 spiro atoms. The minimum Gasteiger partial charge on any atom is -0.340 e. The van der Waals surface area contributed by atoms with E-state index < -0.39 is 0 Å². The average molecular weight is 327 g/mol. The third-order valence-corrected chi connectivity index (χ3v) is 4.13. The van der Waals surface area contributed by atoms with Gasteiger partial charge in [-0.1, -0.05) is 45.9 Å². The summed E-state index contributed by atoms with van der Waals surface area (Å²) in [5.74, 6) is 0.703. The van der Waals surface area contributed by atoms with E-state index in [2.05, 4.69) is 57.7 Å². The largest absolute Gasteiger partial charge is 0.340 e. The first-order valence-corrected chi connectivity index (χ1v) is 7.94. The van der Waals surface area contributed by atoms with Crippen molar-refractivity contribution >= 4 is 18.3 Å². The summed E-state index contributed by atoms with van der Waals surface area (Å²) >= 11 is 0. The molecule has 0 radical (unpaired) electrons. The van der Waals surface area contributed by atoms with Crippen molar-refractivity contribution in [2.24, 2.45) is 0 Å². The van der Waals surface area contributed by atoms with E-state index in [-0.39, 0.29) is 18.3 Å². The SMILES string of the molecule is CCN(CC)CC(=O)N(C)Cc1cc(C(C)C)ccc1C.Cl. The molecule has 0 aliphatic heterocycles. The monoisotopic (exact) mass is 326 g/mol. The van der Waals surface area contributed by atoms with Gasteiger partial charge in [-0.25, -0.2) is 0 Å². The number of benzene rings is 1. The van der Waals surface area contributed by atoms with Crippen LogP contribution in [0.5, 0.6) is 0 Å². The van der Waals surface area contributed by atoms with E-state index in [1.807, 2.05) is 11.9 Å². The molecule has 4 heteroatoms. The zero-order chi connectivity index (χ0) is 16.0. The Bertz CT molecular complexity index is 470. The number of nitrogens with zero attached hydrogens (tertiary/aromatic N) is 2. The molecule has 0 heterocycles. The van der Waals surface area contributed by atoms with Gasteiger partial charge in [0.15, 0.2) is 0 Å². The first-order valence-electron chi connectivity index (χ1n) is 7.94. The fourth-order valence-electron chi connectivity index (χ4n) is 2.32. The minimum atomic E-state index is 0. The van der Waals surface area contributed by atoms with Gasteiger partial charge < -0.3 is 4.90 Å². The van der Waals surface area contributed by atoms with Crippen molar-refractivity contribution in [1.82, 2.24) is 9.80 Å². The van der Waals surface area contributed by atoms with Crippen molar-refractivity contribution in [2.45, 2.75) is 47.1 Å². The molecule has 0 bridgehead atoms. The number of rotatable bonds is 7. The van der Waals surface area contributed by atoms with Gasteiger partial charge in [-0.05, 0) is 42.6 Å². The molecule has 0 aliphatic carbocycles. The van der Waals surface area contributed by atoms with Gasteiger partial charge in [0, 0.05) is 13.6 Å². The van der Waals surface area contributed by atoms with Crippen LogP contribution in [0.15, 0.2) is 18.2 Å². The zero-order valence-corrected chi connectivity index (χ0v) is 15.7. The first-order chi connectivity index (χ1) is 9.88. The first kappa shape index (κ1) is 20.9. The van der Waals surface area contributed by atoms with E-state index in [1.165, 1.54) is 16.7 Å². The Kier molecular flexibility index (Phi) is 9.38. The minimum absolute atomic E-state index is 0. The molecule has 0 N–H and O–H groups in total. The van der Waals surface area contributed by atoms with E-state index in [9.17, 15) is 4.79 Å². The molecule has 0 saturated carbocycles. The van der Waals surface area contributed by atoms with Crippen LogP contribution in [0.25, 0.3) is 0 Å². The molecule has 1 amide bonds. The predicted molar refractivity (Wildman–Crippen MR) is 96.8 cm³/mol. The number of carbonyl (C=O) groups excluding carboxylic acids is 1. The molecule has 0 unspecified atom stereocenters. The van der Waals surface area contributed by atoms with E-state index in [0.29, 0.717) is 19.0 Å². The number of hydrogen-bond acceptors (Lipinski definition) is 2. The van der Waals surface area contributed by atoms with Crippen molar-refractivity contribution in [2.75, 3.05) is 26.7 Å². The Hall–Kier alpha value is -1.06. The zero-order valence-electron chi connectivity index (χ0n) is 14.8. The van der Waals surface area contributed by atoms with Crippen LogP contribution >= 0.6 is 12.4 Å². The maximum atomic E-state index is 12.3. The lowest BCUT2D eigenvalue weighted by molar-refractivity contribution is -0.131. The fraction of sp³-hybridized carbons (Fsp3) is 0.611. The van der Waals surface area contributed by atoms with Gasteiger partial charge in [0.1, 0.15) is 0 Å². The highest BCUT2D eigenvalue weighted by Gasteiger charge is 2.14. The fourth-order valence-corrected chi connectivity index (χ4v) is 2.32. The third kappa shape index (κ3) is 5.98. The highest BCUT2D eigenvalue weighted by atomic mass is 35.5. The van der Waals surface area contributed by atoms with Crippen LogP contribution in [0.1, 0.15) is 50.3 Å². The standard InChI is InChI=1S/C18H30N2O.ClH/c1-7-20(8-2)13-18(21)19(6)12-17-11-16(14(3)4)10-9-15(17)5;/h9-11,14H,7-8,12-13H2,1-6H3;1H. The molecular weight excluding hydrogens is 296 g/mol. The summed E-state index contributed by atoms with van der Waals surface area (Å²) in [5, 5.41) is 0. The molecule has 0 aromatic heterocycles. The van der Waals surface area contributed by atoms with E-state index in [1.54, 1.807) is 0 Å². The lowest BCUT2D eigenvalue weighted by Crippen LogP contribution is -2.38. The Morgan fingerprint density at radius 3 is 2.27 bits per heavy atom. The average Bonchev–Trinajstić information content (AvgIpc) is 2.46. The number of hydrogen-bond donors (Lipinski definition) is 0. The summed E-state index contributed by atoms with van der Waals surface area (Å²) in [6, 6.07) is 6.58. The summed E-state index contributed by atoms with van der Waals surface area (Å²) in [5.41, 5.74) is 3.83. The summed E-state index contributed by atoms with van der Waals surface area (Å²) in [6.07, 6.45) is 0. The Balaban J connectivity index is 0.00000441. The molecular formula is C18H31ClN2O. The lowest BCUT2D eigenvalue weighted by Gasteiger charge is -2.24. The van der Waals surface area contributed by atoms with Crippen molar-refractivity contribution < 1.29 is 4.79 Å². The van der Waals surface area contributed by atoms with Crippen LogP contribution in [0.4, 0.5) is 0 Å². The predicted octanol–water partition coefficient (Wildman–Crippen LogP) is 3.84. The topological polar surface area (TPSA) is 23.6 Å². The second kappa shape index (κ2) is 9.86.